The topological polar surface area (TPSA) is 6.48 Å². The summed E-state index contributed by atoms with van der Waals surface area (Å²) in [6.07, 6.45) is 0. The Bertz CT molecular complexity index is 108. The van der Waals surface area contributed by atoms with Crippen LogP contribution in [0.4, 0.5) is 0 Å². The summed E-state index contributed by atoms with van der Waals surface area (Å²) in [4.78, 5) is 5.25. The molecule has 12 heavy (non-hydrogen) atoms. The summed E-state index contributed by atoms with van der Waals surface area (Å²) in [6, 6.07) is 0. The minimum atomic E-state index is 0.368. The molecule has 0 bridgehead atoms. The predicted molar refractivity (Wildman–Crippen MR) is 62.0 cm³/mol. The molecule has 0 aromatic carbocycles. The molecule has 0 aliphatic rings. The van der Waals surface area contributed by atoms with E-state index in [1.54, 1.807) is 0 Å². The highest BCUT2D eigenvalue weighted by molar-refractivity contribution is 9.12. The van der Waals surface area contributed by atoms with Gasteiger partial charge in [0.1, 0.15) is 0 Å². The molecule has 2 atom stereocenters. The highest BCUT2D eigenvalue weighted by atomic mass is 79.9. The quantitative estimate of drug-likeness (QED) is 0.568. The minimum absolute atomic E-state index is 0.368. The average molecular weight is 302 g/mol. The van der Waals surface area contributed by atoms with Gasteiger partial charge in [-0.3, -0.25) is 9.80 Å². The van der Waals surface area contributed by atoms with Crippen LogP contribution in [0.15, 0.2) is 0 Å². The molecule has 0 heterocycles. The lowest BCUT2D eigenvalue weighted by molar-refractivity contribution is 0.237. The molecule has 0 saturated carbocycles. The van der Waals surface area contributed by atoms with Gasteiger partial charge in [-0.25, -0.2) is 0 Å². The SMILES string of the molecule is CCN(C)C(Br)C(Br)N(C)CC. The number of hydrogen-bond acceptors (Lipinski definition) is 2. The molecule has 0 aliphatic carbocycles. The van der Waals surface area contributed by atoms with Gasteiger partial charge in [0.05, 0.1) is 9.90 Å². The van der Waals surface area contributed by atoms with Crippen molar-refractivity contribution in [2.24, 2.45) is 0 Å². The average Bonchev–Trinajstić information content (AvgIpc) is 2.12. The van der Waals surface area contributed by atoms with Crippen LogP contribution in [0.3, 0.4) is 0 Å². The molecule has 0 fully saturated rings. The number of halogens is 2. The first-order chi connectivity index (χ1) is 5.54. The molecule has 0 aromatic heterocycles. The molecule has 2 nitrogen and oxygen atoms in total. The number of rotatable bonds is 5. The van der Waals surface area contributed by atoms with Gasteiger partial charge in [0.2, 0.25) is 0 Å². The smallest absolute Gasteiger partial charge is 0.0911 e. The molecule has 0 aliphatic heterocycles. The van der Waals surface area contributed by atoms with Crippen LogP contribution in [-0.4, -0.2) is 46.9 Å². The maximum atomic E-state index is 3.65. The Morgan fingerprint density at radius 1 is 0.917 bits per heavy atom. The molecule has 0 N–H and O–H groups in total. The number of likely N-dealkylation sites (N-methyl/N-ethyl adjacent to an activating group) is 2. The van der Waals surface area contributed by atoms with Crippen LogP contribution in [0.25, 0.3) is 0 Å². The Kier molecular flexibility index (Phi) is 6.82. The monoisotopic (exact) mass is 300 g/mol. The number of alkyl halides is 2. The molecule has 0 radical (unpaired) electrons. The van der Waals surface area contributed by atoms with Gasteiger partial charge in [0, 0.05) is 0 Å². The summed E-state index contributed by atoms with van der Waals surface area (Å²) in [6.45, 7) is 6.41. The van der Waals surface area contributed by atoms with E-state index in [4.69, 9.17) is 0 Å². The largest absolute Gasteiger partial charge is 0.292 e. The lowest BCUT2D eigenvalue weighted by Gasteiger charge is -2.31. The third-order valence-electron chi connectivity index (χ3n) is 2.07. The van der Waals surface area contributed by atoms with Crippen molar-refractivity contribution in [3.8, 4) is 0 Å². The summed E-state index contributed by atoms with van der Waals surface area (Å²) in [5, 5.41) is 0. The first-order valence-electron chi connectivity index (χ1n) is 4.23. The van der Waals surface area contributed by atoms with Crippen molar-refractivity contribution >= 4 is 31.9 Å². The fourth-order valence-electron chi connectivity index (χ4n) is 0.769. The molecule has 0 aromatic rings. The van der Waals surface area contributed by atoms with Crippen LogP contribution in [0.2, 0.25) is 0 Å². The molecule has 4 heteroatoms. The van der Waals surface area contributed by atoms with Crippen LogP contribution in [0.5, 0.6) is 0 Å². The van der Waals surface area contributed by atoms with E-state index in [1.165, 1.54) is 0 Å². The van der Waals surface area contributed by atoms with Crippen molar-refractivity contribution in [1.29, 1.82) is 0 Å². The highest BCUT2D eigenvalue weighted by Gasteiger charge is 2.21. The Hall–Kier alpha value is 0.880. The summed E-state index contributed by atoms with van der Waals surface area (Å²) >= 11 is 7.30. The van der Waals surface area contributed by atoms with E-state index in [0.717, 1.165) is 13.1 Å². The summed E-state index contributed by atoms with van der Waals surface area (Å²) in [5.41, 5.74) is 0. The van der Waals surface area contributed by atoms with Crippen molar-refractivity contribution in [3.63, 3.8) is 0 Å². The zero-order valence-electron chi connectivity index (χ0n) is 8.22. The maximum Gasteiger partial charge on any atom is 0.0911 e. The fraction of sp³-hybridized carbons (Fsp3) is 1.00. The summed E-state index contributed by atoms with van der Waals surface area (Å²) in [5.74, 6) is 0. The van der Waals surface area contributed by atoms with E-state index in [1.807, 2.05) is 0 Å². The van der Waals surface area contributed by atoms with Crippen molar-refractivity contribution in [1.82, 2.24) is 9.80 Å². The normalized spacial score (nSPS) is 17.0. The fourth-order valence-corrected chi connectivity index (χ4v) is 2.16. The first kappa shape index (κ1) is 12.9. The standard InChI is InChI=1S/C8H18Br2N2/c1-5-11(3)7(9)8(10)12(4)6-2/h7-8H,5-6H2,1-4H3. The van der Waals surface area contributed by atoms with Crippen LogP contribution >= 0.6 is 31.9 Å². The molecule has 0 saturated heterocycles. The van der Waals surface area contributed by atoms with E-state index in [2.05, 4.69) is 69.6 Å². The molecule has 74 valence electrons. The van der Waals surface area contributed by atoms with Gasteiger partial charge >= 0.3 is 0 Å². The van der Waals surface area contributed by atoms with Gasteiger partial charge in [-0.05, 0) is 27.2 Å². The van der Waals surface area contributed by atoms with Crippen molar-refractivity contribution in [2.75, 3.05) is 27.2 Å². The second-order valence-corrected chi connectivity index (χ2v) is 4.77. The Balaban J connectivity index is 3.99. The van der Waals surface area contributed by atoms with Gasteiger partial charge in [0.15, 0.2) is 0 Å². The molecular weight excluding hydrogens is 284 g/mol. The molecule has 0 amide bonds. The summed E-state index contributed by atoms with van der Waals surface area (Å²) < 4.78 is 0. The second kappa shape index (κ2) is 6.35. The lowest BCUT2D eigenvalue weighted by Crippen LogP contribution is -2.42. The van der Waals surface area contributed by atoms with Crippen molar-refractivity contribution in [3.05, 3.63) is 0 Å². The maximum absolute atomic E-state index is 3.65. The van der Waals surface area contributed by atoms with Crippen LogP contribution in [0.1, 0.15) is 13.8 Å². The zero-order valence-corrected chi connectivity index (χ0v) is 11.4. The van der Waals surface area contributed by atoms with E-state index in [9.17, 15) is 0 Å². The lowest BCUT2D eigenvalue weighted by atomic mass is 10.5. The van der Waals surface area contributed by atoms with Gasteiger partial charge in [-0.1, -0.05) is 45.7 Å². The second-order valence-electron chi connectivity index (χ2n) is 2.89. The Morgan fingerprint density at radius 2 is 1.17 bits per heavy atom. The predicted octanol–water partition coefficient (Wildman–Crippen LogP) is 2.33. The number of nitrogens with zero attached hydrogens (tertiary/aromatic N) is 2. The van der Waals surface area contributed by atoms with Gasteiger partial charge in [-0.2, -0.15) is 0 Å². The number of hydrogen-bond donors (Lipinski definition) is 0. The Morgan fingerprint density at radius 3 is 1.33 bits per heavy atom. The summed E-state index contributed by atoms with van der Waals surface area (Å²) in [7, 11) is 4.22. The van der Waals surface area contributed by atoms with Crippen molar-refractivity contribution < 1.29 is 0 Å². The zero-order chi connectivity index (χ0) is 9.72. The highest BCUT2D eigenvalue weighted by Crippen LogP contribution is 2.19. The van der Waals surface area contributed by atoms with Crippen LogP contribution in [-0.2, 0) is 0 Å². The van der Waals surface area contributed by atoms with Crippen LogP contribution < -0.4 is 0 Å². The third-order valence-corrected chi connectivity index (χ3v) is 5.18. The van der Waals surface area contributed by atoms with Gasteiger partial charge in [0.25, 0.3) is 0 Å². The molecular formula is C8H18Br2N2. The van der Waals surface area contributed by atoms with E-state index >= 15 is 0 Å². The molecule has 0 rings (SSSR count). The Labute approximate surface area is 92.5 Å². The van der Waals surface area contributed by atoms with E-state index in [0.29, 0.717) is 9.90 Å². The molecule has 0 spiro atoms. The van der Waals surface area contributed by atoms with Crippen molar-refractivity contribution in [2.45, 2.75) is 23.7 Å². The minimum Gasteiger partial charge on any atom is -0.292 e. The van der Waals surface area contributed by atoms with Gasteiger partial charge in [-0.15, -0.1) is 0 Å². The third kappa shape index (κ3) is 3.73. The first-order valence-corrected chi connectivity index (χ1v) is 6.06. The van der Waals surface area contributed by atoms with Crippen LogP contribution in [0, 0.1) is 0 Å². The molecule has 2 unspecified atom stereocenters. The van der Waals surface area contributed by atoms with Gasteiger partial charge < -0.3 is 0 Å². The van der Waals surface area contributed by atoms with E-state index < -0.39 is 0 Å². The van der Waals surface area contributed by atoms with E-state index in [-0.39, 0.29) is 0 Å².